The average molecular weight is 431 g/mol. The van der Waals surface area contributed by atoms with E-state index >= 15 is 0 Å². The molecule has 0 spiro atoms. The normalized spacial score (nSPS) is 14.3. The van der Waals surface area contributed by atoms with Crippen LogP contribution in [0.5, 0.6) is 0 Å². The molecule has 0 radical (unpaired) electrons. The Morgan fingerprint density at radius 1 is 1.13 bits per heavy atom. The van der Waals surface area contributed by atoms with Crippen LogP contribution in [0, 0.1) is 10.1 Å². The molecule has 0 atom stereocenters. The first-order valence-electron chi connectivity index (χ1n) is 8.88. The maximum Gasteiger partial charge on any atom is 0.405 e. The van der Waals surface area contributed by atoms with Crippen LogP contribution in [-0.2, 0) is 9.59 Å². The monoisotopic (exact) mass is 431 g/mol. The first-order valence-corrected chi connectivity index (χ1v) is 8.88. The van der Waals surface area contributed by atoms with Gasteiger partial charge in [-0.2, -0.15) is 13.2 Å². The van der Waals surface area contributed by atoms with Gasteiger partial charge in [0, 0.05) is 44.7 Å². The highest BCUT2D eigenvalue weighted by Crippen LogP contribution is 2.30. The average Bonchev–Trinajstić information content (AvgIpc) is 2.69. The summed E-state index contributed by atoms with van der Waals surface area (Å²) in [6.07, 6.45) is -4.58. The molecule has 0 saturated carbocycles. The molecule has 1 fully saturated rings. The highest BCUT2D eigenvalue weighted by molar-refractivity contribution is 5.97. The third-order valence-corrected chi connectivity index (χ3v) is 4.40. The lowest BCUT2D eigenvalue weighted by molar-refractivity contribution is -0.384. The van der Waals surface area contributed by atoms with Gasteiger partial charge in [-0.1, -0.05) is 0 Å². The lowest BCUT2D eigenvalue weighted by Crippen LogP contribution is -2.48. The van der Waals surface area contributed by atoms with E-state index in [0.717, 1.165) is 6.07 Å². The van der Waals surface area contributed by atoms with Gasteiger partial charge in [0.25, 0.3) is 11.6 Å². The molecule has 10 nitrogen and oxygen atoms in total. The van der Waals surface area contributed by atoms with Crippen molar-refractivity contribution in [3.63, 3.8) is 0 Å². The van der Waals surface area contributed by atoms with Crippen molar-refractivity contribution in [2.45, 2.75) is 13.1 Å². The first-order chi connectivity index (χ1) is 14.0. The van der Waals surface area contributed by atoms with Crippen molar-refractivity contribution >= 4 is 29.1 Å². The van der Waals surface area contributed by atoms with E-state index in [0.29, 0.717) is 26.2 Å². The molecule has 2 N–H and O–H groups in total. The van der Waals surface area contributed by atoms with Gasteiger partial charge < -0.3 is 20.4 Å². The molecule has 1 aromatic carbocycles. The number of alkyl halides is 3. The number of halogens is 3. The Morgan fingerprint density at radius 2 is 1.77 bits per heavy atom. The summed E-state index contributed by atoms with van der Waals surface area (Å²) in [7, 11) is 0. The second kappa shape index (κ2) is 9.41. The second-order valence-electron chi connectivity index (χ2n) is 6.53. The van der Waals surface area contributed by atoms with Crippen LogP contribution in [-0.4, -0.2) is 73.0 Å². The second-order valence-corrected chi connectivity index (χ2v) is 6.53. The molecule has 1 saturated heterocycles. The summed E-state index contributed by atoms with van der Waals surface area (Å²) in [5.41, 5.74) is -0.167. The number of carbonyl (C=O) groups excluding carboxylic acids is 3. The van der Waals surface area contributed by atoms with Gasteiger partial charge in [-0.15, -0.1) is 0 Å². The maximum atomic E-state index is 12.1. The number of nitrogens with zero attached hydrogens (tertiary/aromatic N) is 3. The highest BCUT2D eigenvalue weighted by Gasteiger charge is 2.28. The quantitative estimate of drug-likeness (QED) is 0.504. The minimum absolute atomic E-state index is 0.0876. The van der Waals surface area contributed by atoms with Gasteiger partial charge in [-0.05, 0) is 12.1 Å². The van der Waals surface area contributed by atoms with Crippen LogP contribution in [0.25, 0.3) is 0 Å². The van der Waals surface area contributed by atoms with Gasteiger partial charge in [0.05, 0.1) is 11.5 Å². The van der Waals surface area contributed by atoms with Crippen LogP contribution in [0.3, 0.4) is 0 Å². The Morgan fingerprint density at radius 3 is 2.30 bits per heavy atom. The largest absolute Gasteiger partial charge is 0.405 e. The van der Waals surface area contributed by atoms with Crippen molar-refractivity contribution in [2.24, 2.45) is 0 Å². The number of hydrogen-bond acceptors (Lipinski definition) is 6. The number of amides is 3. The first kappa shape index (κ1) is 22.9. The van der Waals surface area contributed by atoms with Gasteiger partial charge in [-0.25, -0.2) is 0 Å². The van der Waals surface area contributed by atoms with Crippen molar-refractivity contribution in [2.75, 3.05) is 44.2 Å². The van der Waals surface area contributed by atoms with Crippen LogP contribution in [0.4, 0.5) is 24.5 Å². The summed E-state index contributed by atoms with van der Waals surface area (Å²) in [4.78, 5) is 49.1. The van der Waals surface area contributed by atoms with E-state index in [-0.39, 0.29) is 22.8 Å². The number of nitrogens with one attached hydrogen (secondary N) is 2. The van der Waals surface area contributed by atoms with E-state index in [4.69, 9.17) is 0 Å². The molecule has 1 aliphatic heterocycles. The van der Waals surface area contributed by atoms with Gasteiger partial charge in [0.1, 0.15) is 12.2 Å². The topological polar surface area (TPSA) is 125 Å². The van der Waals surface area contributed by atoms with Crippen molar-refractivity contribution in [3.8, 4) is 0 Å². The van der Waals surface area contributed by atoms with Gasteiger partial charge >= 0.3 is 6.18 Å². The standard InChI is InChI=1S/C17H20F3N5O5/c1-11(26)23-4-6-24(7-5-23)13-3-2-12(8-14(13)25(29)30)16(28)21-9-15(27)22-10-17(18,19)20/h2-3,8H,4-7,9-10H2,1H3,(H,21,28)(H,22,27). The number of carbonyl (C=O) groups is 3. The summed E-state index contributed by atoms with van der Waals surface area (Å²) in [5, 5.41) is 15.2. The molecule has 30 heavy (non-hydrogen) atoms. The summed E-state index contributed by atoms with van der Waals surface area (Å²) in [6, 6.07) is 3.75. The predicted octanol–water partition coefficient (Wildman–Crippen LogP) is 0.672. The molecule has 13 heteroatoms. The number of benzene rings is 1. The molecule has 0 aromatic heterocycles. The fourth-order valence-electron chi connectivity index (χ4n) is 2.86. The van der Waals surface area contributed by atoms with Crippen molar-refractivity contribution in [1.29, 1.82) is 0 Å². The molecule has 0 unspecified atom stereocenters. The van der Waals surface area contributed by atoms with Gasteiger partial charge in [-0.3, -0.25) is 24.5 Å². The molecular weight excluding hydrogens is 411 g/mol. The third-order valence-electron chi connectivity index (χ3n) is 4.40. The summed E-state index contributed by atoms with van der Waals surface area (Å²) in [5.74, 6) is -1.97. The van der Waals surface area contributed by atoms with Crippen LogP contribution < -0.4 is 15.5 Å². The zero-order chi connectivity index (χ0) is 22.5. The van der Waals surface area contributed by atoms with E-state index < -0.39 is 36.0 Å². The molecule has 1 aromatic rings. The van der Waals surface area contributed by atoms with E-state index in [1.54, 1.807) is 15.1 Å². The zero-order valence-electron chi connectivity index (χ0n) is 16.0. The lowest BCUT2D eigenvalue weighted by Gasteiger charge is -2.35. The lowest BCUT2D eigenvalue weighted by atomic mass is 10.1. The number of hydrogen-bond donors (Lipinski definition) is 2. The van der Waals surface area contributed by atoms with Crippen LogP contribution >= 0.6 is 0 Å². The molecule has 3 amide bonds. The Hall–Kier alpha value is -3.38. The number of anilines is 1. The molecule has 0 aliphatic carbocycles. The Bertz CT molecular complexity index is 838. The summed E-state index contributed by atoms with van der Waals surface area (Å²) >= 11 is 0. The number of nitro benzene ring substituents is 1. The maximum absolute atomic E-state index is 12.1. The molecule has 1 heterocycles. The molecule has 0 bridgehead atoms. The van der Waals surface area contributed by atoms with Gasteiger partial charge in [0.2, 0.25) is 11.8 Å². The number of piperazine rings is 1. The molecule has 2 rings (SSSR count). The smallest absolute Gasteiger partial charge is 0.362 e. The molecular formula is C17H20F3N5O5. The van der Waals surface area contributed by atoms with Crippen LogP contribution in [0.15, 0.2) is 18.2 Å². The van der Waals surface area contributed by atoms with Crippen LogP contribution in [0.2, 0.25) is 0 Å². The predicted molar refractivity (Wildman–Crippen MR) is 99.0 cm³/mol. The number of nitro groups is 1. The van der Waals surface area contributed by atoms with Crippen LogP contribution in [0.1, 0.15) is 17.3 Å². The van der Waals surface area contributed by atoms with Crippen molar-refractivity contribution in [1.82, 2.24) is 15.5 Å². The molecule has 164 valence electrons. The van der Waals surface area contributed by atoms with E-state index in [1.807, 2.05) is 0 Å². The highest BCUT2D eigenvalue weighted by atomic mass is 19.4. The van der Waals surface area contributed by atoms with E-state index in [1.165, 1.54) is 19.1 Å². The fourth-order valence-corrected chi connectivity index (χ4v) is 2.86. The third kappa shape index (κ3) is 6.32. The Labute approximate surface area is 169 Å². The Balaban J connectivity index is 2.04. The van der Waals surface area contributed by atoms with E-state index in [2.05, 4.69) is 5.32 Å². The minimum atomic E-state index is -4.58. The van der Waals surface area contributed by atoms with Crippen molar-refractivity contribution < 1.29 is 32.5 Å². The summed E-state index contributed by atoms with van der Waals surface area (Å²) < 4.78 is 36.2. The zero-order valence-corrected chi connectivity index (χ0v) is 16.0. The van der Waals surface area contributed by atoms with E-state index in [9.17, 15) is 37.7 Å². The fraction of sp³-hybridized carbons (Fsp3) is 0.471. The minimum Gasteiger partial charge on any atom is -0.362 e. The Kier molecular flexibility index (Phi) is 7.19. The molecule has 1 aliphatic rings. The summed E-state index contributed by atoms with van der Waals surface area (Å²) in [6.45, 7) is 0.769. The number of rotatable bonds is 6. The SMILES string of the molecule is CC(=O)N1CCN(c2ccc(C(=O)NCC(=O)NCC(F)(F)F)cc2[N+](=O)[O-])CC1. The van der Waals surface area contributed by atoms with Crippen molar-refractivity contribution in [3.05, 3.63) is 33.9 Å². The van der Waals surface area contributed by atoms with Gasteiger partial charge in [0.15, 0.2) is 0 Å².